The number of imide groups is 1. The molecule has 3 amide bonds. The Morgan fingerprint density at radius 1 is 1.19 bits per heavy atom. The molecule has 1 heterocycles. The van der Waals surface area contributed by atoms with Crippen molar-refractivity contribution in [3.05, 3.63) is 29.6 Å². The fraction of sp³-hybridized carbons (Fsp3) is 0.636. The second-order valence-electron chi connectivity index (χ2n) is 8.80. The van der Waals surface area contributed by atoms with Crippen molar-refractivity contribution in [2.24, 2.45) is 11.8 Å². The molecular formula is C22H30FN3O5S. The normalized spacial score (nSPS) is 21.2. The van der Waals surface area contributed by atoms with Crippen LogP contribution in [0.25, 0.3) is 0 Å². The molecule has 1 aromatic rings. The van der Waals surface area contributed by atoms with E-state index in [-0.39, 0.29) is 35.8 Å². The average molecular weight is 470 g/mol. The number of unbranched alkanes of at least 4 members (excludes halogenated alkanes) is 2. The Morgan fingerprint density at radius 2 is 1.97 bits per heavy atom. The van der Waals surface area contributed by atoms with Gasteiger partial charge in [0.05, 0.1) is 15.1 Å². The molecule has 0 spiro atoms. The third-order valence-corrected chi connectivity index (χ3v) is 7.22. The van der Waals surface area contributed by atoms with E-state index in [1.807, 2.05) is 0 Å². The van der Waals surface area contributed by atoms with Gasteiger partial charge in [0.2, 0.25) is 15.9 Å². The lowest BCUT2D eigenvalue weighted by atomic mass is 10.0. The number of hydrogen-bond donors (Lipinski definition) is 2. The third-order valence-electron chi connectivity index (χ3n) is 5.78. The van der Waals surface area contributed by atoms with Crippen LogP contribution < -0.4 is 14.8 Å². The Balaban J connectivity index is 1.32. The molecule has 1 aliphatic heterocycles. The van der Waals surface area contributed by atoms with Crippen molar-refractivity contribution in [2.45, 2.75) is 51.0 Å². The molecule has 1 atom stereocenters. The molecular weight excluding hydrogens is 437 g/mol. The Morgan fingerprint density at radius 3 is 2.62 bits per heavy atom. The summed E-state index contributed by atoms with van der Waals surface area (Å²) < 4.78 is 64.0. The Bertz CT molecular complexity index is 1050. The number of nitrogens with one attached hydrogen (secondary N) is 2. The van der Waals surface area contributed by atoms with Crippen molar-refractivity contribution in [1.82, 2.24) is 14.9 Å². The molecule has 10 heteroatoms. The molecule has 0 unspecified atom stereocenters. The summed E-state index contributed by atoms with van der Waals surface area (Å²) in [6, 6.07) is 2.89. The van der Waals surface area contributed by atoms with E-state index >= 15 is 0 Å². The number of halogens is 1. The van der Waals surface area contributed by atoms with Gasteiger partial charge in [-0.1, -0.05) is 6.42 Å². The molecule has 3 aliphatic rings. The molecule has 0 aromatic heterocycles. The van der Waals surface area contributed by atoms with Gasteiger partial charge in [0, 0.05) is 18.7 Å². The number of carbonyl (C=O) groups excluding carboxylic acids is 2. The predicted octanol–water partition coefficient (Wildman–Crippen LogP) is 2.71. The Labute approximate surface area is 190 Å². The summed E-state index contributed by atoms with van der Waals surface area (Å²) in [6.45, 7) is -1.47. The number of amides is 3. The molecule has 2 saturated carbocycles. The zero-order chi connectivity index (χ0) is 24.5. The van der Waals surface area contributed by atoms with Gasteiger partial charge < -0.3 is 9.64 Å². The van der Waals surface area contributed by atoms with Crippen molar-refractivity contribution in [3.63, 3.8) is 0 Å². The molecule has 1 saturated heterocycles. The first-order chi connectivity index (χ1) is 16.0. The number of ether oxygens (including phenoxy) is 1. The van der Waals surface area contributed by atoms with E-state index < -0.39 is 34.5 Å². The molecule has 2 aliphatic carbocycles. The van der Waals surface area contributed by atoms with Crippen LogP contribution in [-0.2, 0) is 14.8 Å². The molecule has 0 bridgehead atoms. The SMILES string of the molecule is [2H]C([2H])(Oc1cc(F)cc([C@H](NS(=O)(=O)CCCCCN2CC(=O)NC2=O)C2CC2)c1)C1CC1. The van der Waals surface area contributed by atoms with E-state index in [1.165, 1.54) is 17.0 Å². The van der Waals surface area contributed by atoms with E-state index in [1.54, 1.807) is 0 Å². The lowest BCUT2D eigenvalue weighted by Crippen LogP contribution is -2.32. The van der Waals surface area contributed by atoms with Gasteiger partial charge in [0.25, 0.3) is 0 Å². The summed E-state index contributed by atoms with van der Waals surface area (Å²) in [5, 5.41) is 2.20. The standard InChI is InChI=1S/C22H30FN3O5S/c23-18-10-17(11-19(12-18)31-14-15-4-5-15)21(16-6-7-16)25-32(29,30)9-3-1-2-8-26-13-20(27)24-22(26)28/h10-12,15-16,21,25H,1-9,13-14H2,(H,24,27,28)/t21-/m1/s1/i14D2. The highest BCUT2D eigenvalue weighted by Crippen LogP contribution is 2.42. The van der Waals surface area contributed by atoms with Crippen LogP contribution >= 0.6 is 0 Å². The van der Waals surface area contributed by atoms with E-state index in [0.29, 0.717) is 31.4 Å². The summed E-state index contributed by atoms with van der Waals surface area (Å²) >= 11 is 0. The van der Waals surface area contributed by atoms with Crippen molar-refractivity contribution in [2.75, 3.05) is 25.4 Å². The van der Waals surface area contributed by atoms with Gasteiger partial charge in [0.1, 0.15) is 18.1 Å². The maximum absolute atomic E-state index is 14.3. The average Bonchev–Trinajstić information content (AvgIpc) is 3.63. The molecule has 1 aromatic carbocycles. The summed E-state index contributed by atoms with van der Waals surface area (Å²) in [6.07, 6.45) is 4.62. The van der Waals surface area contributed by atoms with Gasteiger partial charge in [0.15, 0.2) is 0 Å². The maximum Gasteiger partial charge on any atom is 0.324 e. The summed E-state index contributed by atoms with van der Waals surface area (Å²) in [7, 11) is -3.65. The van der Waals surface area contributed by atoms with Gasteiger partial charge in [-0.2, -0.15) is 0 Å². The summed E-state index contributed by atoms with van der Waals surface area (Å²) in [5.41, 5.74) is 0.428. The summed E-state index contributed by atoms with van der Waals surface area (Å²) in [4.78, 5) is 24.1. The zero-order valence-electron chi connectivity index (χ0n) is 19.8. The first kappa shape index (κ1) is 20.4. The number of rotatable bonds is 13. The zero-order valence-corrected chi connectivity index (χ0v) is 18.6. The van der Waals surface area contributed by atoms with E-state index in [4.69, 9.17) is 7.48 Å². The molecule has 2 N–H and O–H groups in total. The van der Waals surface area contributed by atoms with Crippen molar-refractivity contribution in [3.8, 4) is 5.75 Å². The van der Waals surface area contributed by atoms with E-state index in [9.17, 15) is 22.4 Å². The van der Waals surface area contributed by atoms with Crippen LogP contribution in [0.15, 0.2) is 18.2 Å². The van der Waals surface area contributed by atoms with E-state index in [0.717, 1.165) is 31.7 Å². The minimum Gasteiger partial charge on any atom is -0.493 e. The fourth-order valence-electron chi connectivity index (χ4n) is 3.73. The van der Waals surface area contributed by atoms with Crippen LogP contribution in [0.5, 0.6) is 5.75 Å². The second kappa shape index (κ2) is 9.74. The number of benzene rings is 1. The lowest BCUT2D eigenvalue weighted by Gasteiger charge is -2.20. The number of nitrogens with zero attached hydrogens (tertiary/aromatic N) is 1. The molecule has 176 valence electrons. The minimum absolute atomic E-state index is 0.0311. The van der Waals surface area contributed by atoms with Crippen molar-refractivity contribution in [1.29, 1.82) is 0 Å². The monoisotopic (exact) mass is 469 g/mol. The predicted molar refractivity (Wildman–Crippen MR) is 116 cm³/mol. The summed E-state index contributed by atoms with van der Waals surface area (Å²) in [5.74, 6) is -1.15. The number of sulfonamides is 1. The molecule has 4 rings (SSSR count). The third kappa shape index (κ3) is 6.65. The first-order valence-electron chi connectivity index (χ1n) is 12.1. The van der Waals surface area contributed by atoms with Crippen LogP contribution in [0.4, 0.5) is 9.18 Å². The highest BCUT2D eigenvalue weighted by molar-refractivity contribution is 7.89. The molecule has 0 radical (unpaired) electrons. The number of urea groups is 1. The molecule has 3 fully saturated rings. The van der Waals surface area contributed by atoms with Crippen LogP contribution in [0.2, 0.25) is 0 Å². The van der Waals surface area contributed by atoms with Crippen LogP contribution in [0.3, 0.4) is 0 Å². The van der Waals surface area contributed by atoms with Crippen molar-refractivity contribution < 1.29 is 29.9 Å². The van der Waals surface area contributed by atoms with Gasteiger partial charge in [-0.15, -0.1) is 0 Å². The smallest absolute Gasteiger partial charge is 0.324 e. The largest absolute Gasteiger partial charge is 0.493 e. The van der Waals surface area contributed by atoms with E-state index in [2.05, 4.69) is 10.0 Å². The van der Waals surface area contributed by atoms with Gasteiger partial charge >= 0.3 is 6.03 Å². The number of carbonyl (C=O) groups is 2. The van der Waals surface area contributed by atoms with Crippen LogP contribution in [0.1, 0.15) is 59.3 Å². The van der Waals surface area contributed by atoms with Crippen LogP contribution in [0, 0.1) is 17.7 Å². The highest BCUT2D eigenvalue weighted by Gasteiger charge is 2.35. The maximum atomic E-state index is 14.3. The van der Waals surface area contributed by atoms with Gasteiger partial charge in [-0.3, -0.25) is 10.1 Å². The van der Waals surface area contributed by atoms with Gasteiger partial charge in [-0.25, -0.2) is 22.3 Å². The Kier molecular flexibility index (Phi) is 6.21. The van der Waals surface area contributed by atoms with Gasteiger partial charge in [-0.05, 0) is 68.1 Å². The van der Waals surface area contributed by atoms with Crippen molar-refractivity contribution >= 4 is 22.0 Å². The highest BCUT2D eigenvalue weighted by atomic mass is 32.2. The molecule has 8 nitrogen and oxygen atoms in total. The fourth-order valence-corrected chi connectivity index (χ4v) is 5.15. The lowest BCUT2D eigenvalue weighted by molar-refractivity contribution is -0.118. The topological polar surface area (TPSA) is 105 Å². The molecule has 32 heavy (non-hydrogen) atoms. The Hall–Kier alpha value is -2.20. The quantitative estimate of drug-likeness (QED) is 0.341. The minimum atomic E-state index is -3.65. The van der Waals surface area contributed by atoms with Crippen LogP contribution in [-0.4, -0.2) is 50.7 Å². The second-order valence-corrected chi connectivity index (χ2v) is 10.7. The first-order valence-corrected chi connectivity index (χ1v) is 12.8. The number of hydrogen-bond acceptors (Lipinski definition) is 5.